The minimum absolute atomic E-state index is 0.150. The molecule has 0 bridgehead atoms. The van der Waals surface area contributed by atoms with Crippen LogP contribution in [0.3, 0.4) is 0 Å². The summed E-state index contributed by atoms with van der Waals surface area (Å²) in [5, 5.41) is 0.711. The van der Waals surface area contributed by atoms with Crippen LogP contribution < -0.4 is 5.73 Å². The molecule has 0 radical (unpaired) electrons. The lowest BCUT2D eigenvalue weighted by atomic mass is 10.0. The standard InChI is InChI=1S/C12H9Cl2FN2/c13-8-4-1-3-7(10(8)14)11(16)12-9(15)5-2-6-17-12/h1-6,11H,16H2. The fourth-order valence-corrected chi connectivity index (χ4v) is 1.96. The summed E-state index contributed by atoms with van der Waals surface area (Å²) in [5.41, 5.74) is 6.64. The summed E-state index contributed by atoms with van der Waals surface area (Å²) in [6.45, 7) is 0. The van der Waals surface area contributed by atoms with Crippen LogP contribution in [-0.4, -0.2) is 4.98 Å². The summed E-state index contributed by atoms with van der Waals surface area (Å²) < 4.78 is 13.5. The van der Waals surface area contributed by atoms with Gasteiger partial charge in [0.15, 0.2) is 0 Å². The predicted molar refractivity (Wildman–Crippen MR) is 66.7 cm³/mol. The Balaban J connectivity index is 2.48. The van der Waals surface area contributed by atoms with E-state index in [0.29, 0.717) is 15.6 Å². The third kappa shape index (κ3) is 2.41. The summed E-state index contributed by atoms with van der Waals surface area (Å²) >= 11 is 11.9. The number of nitrogens with zero attached hydrogens (tertiary/aromatic N) is 1. The summed E-state index contributed by atoms with van der Waals surface area (Å²) in [4.78, 5) is 3.92. The van der Waals surface area contributed by atoms with Crippen LogP contribution in [0.1, 0.15) is 17.3 Å². The molecule has 2 rings (SSSR count). The van der Waals surface area contributed by atoms with Crippen molar-refractivity contribution in [2.75, 3.05) is 0 Å². The van der Waals surface area contributed by atoms with Gasteiger partial charge in [0.05, 0.1) is 21.8 Å². The second-order valence-electron chi connectivity index (χ2n) is 3.49. The number of nitrogens with two attached hydrogens (primary N) is 1. The lowest BCUT2D eigenvalue weighted by molar-refractivity contribution is 0.586. The molecule has 1 atom stereocenters. The normalized spacial score (nSPS) is 12.5. The Hall–Kier alpha value is -1.16. The average Bonchev–Trinajstić information content (AvgIpc) is 2.32. The van der Waals surface area contributed by atoms with Crippen molar-refractivity contribution < 1.29 is 4.39 Å². The van der Waals surface area contributed by atoms with Gasteiger partial charge < -0.3 is 5.73 Å². The van der Waals surface area contributed by atoms with Crippen molar-refractivity contribution in [2.45, 2.75) is 6.04 Å². The molecule has 2 N–H and O–H groups in total. The fourth-order valence-electron chi connectivity index (χ4n) is 1.53. The van der Waals surface area contributed by atoms with E-state index in [1.54, 1.807) is 18.2 Å². The lowest BCUT2D eigenvalue weighted by Gasteiger charge is -2.14. The Morgan fingerprint density at radius 1 is 1.18 bits per heavy atom. The summed E-state index contributed by atoms with van der Waals surface area (Å²) in [6, 6.07) is 7.14. The molecule has 5 heteroatoms. The molecule has 0 saturated carbocycles. The van der Waals surface area contributed by atoms with E-state index in [2.05, 4.69) is 4.98 Å². The van der Waals surface area contributed by atoms with Gasteiger partial charge in [0.2, 0.25) is 0 Å². The molecule has 0 aliphatic rings. The topological polar surface area (TPSA) is 38.9 Å². The van der Waals surface area contributed by atoms with Crippen LogP contribution in [0.15, 0.2) is 36.5 Å². The molecule has 88 valence electrons. The van der Waals surface area contributed by atoms with Crippen molar-refractivity contribution in [3.8, 4) is 0 Å². The summed E-state index contributed by atoms with van der Waals surface area (Å²) in [7, 11) is 0. The van der Waals surface area contributed by atoms with Crippen molar-refractivity contribution in [1.82, 2.24) is 4.98 Å². The van der Waals surface area contributed by atoms with Gasteiger partial charge in [-0.15, -0.1) is 0 Å². The first-order valence-corrected chi connectivity index (χ1v) is 5.66. The Morgan fingerprint density at radius 2 is 1.94 bits per heavy atom. The van der Waals surface area contributed by atoms with E-state index in [1.165, 1.54) is 18.3 Å². The van der Waals surface area contributed by atoms with Gasteiger partial charge in [0.25, 0.3) is 0 Å². The van der Waals surface area contributed by atoms with Crippen LogP contribution in [0.4, 0.5) is 4.39 Å². The molecular weight excluding hydrogens is 262 g/mol. The van der Waals surface area contributed by atoms with E-state index >= 15 is 0 Å². The highest BCUT2D eigenvalue weighted by Crippen LogP contribution is 2.31. The molecule has 2 aromatic rings. The van der Waals surface area contributed by atoms with E-state index in [0.717, 1.165) is 0 Å². The number of pyridine rings is 1. The van der Waals surface area contributed by atoms with Crippen LogP contribution in [0.5, 0.6) is 0 Å². The Bertz CT molecular complexity index is 546. The van der Waals surface area contributed by atoms with Gasteiger partial charge in [-0.2, -0.15) is 0 Å². The highest BCUT2D eigenvalue weighted by molar-refractivity contribution is 6.42. The van der Waals surface area contributed by atoms with Gasteiger partial charge in [-0.1, -0.05) is 35.3 Å². The first-order valence-electron chi connectivity index (χ1n) is 4.91. The van der Waals surface area contributed by atoms with Crippen molar-refractivity contribution in [3.05, 3.63) is 63.6 Å². The maximum absolute atomic E-state index is 13.5. The van der Waals surface area contributed by atoms with Crippen LogP contribution in [0.2, 0.25) is 10.0 Å². The smallest absolute Gasteiger partial charge is 0.146 e. The zero-order chi connectivity index (χ0) is 12.4. The zero-order valence-electron chi connectivity index (χ0n) is 8.70. The van der Waals surface area contributed by atoms with Crippen LogP contribution >= 0.6 is 23.2 Å². The largest absolute Gasteiger partial charge is 0.319 e. The molecule has 0 fully saturated rings. The molecule has 0 saturated heterocycles. The van der Waals surface area contributed by atoms with Crippen molar-refractivity contribution in [1.29, 1.82) is 0 Å². The SMILES string of the molecule is NC(c1cccc(Cl)c1Cl)c1ncccc1F. The molecule has 1 aromatic heterocycles. The highest BCUT2D eigenvalue weighted by Gasteiger charge is 2.18. The summed E-state index contributed by atoms with van der Waals surface area (Å²) in [5.74, 6) is -0.462. The van der Waals surface area contributed by atoms with Gasteiger partial charge in [-0.3, -0.25) is 4.98 Å². The molecular formula is C12H9Cl2FN2. The number of halogens is 3. The van der Waals surface area contributed by atoms with E-state index in [1.807, 2.05) is 0 Å². The van der Waals surface area contributed by atoms with E-state index < -0.39 is 11.9 Å². The van der Waals surface area contributed by atoms with Gasteiger partial charge in [0, 0.05) is 6.20 Å². The third-order valence-corrected chi connectivity index (χ3v) is 3.23. The first kappa shape index (κ1) is 12.3. The van der Waals surface area contributed by atoms with Crippen LogP contribution in [0, 0.1) is 5.82 Å². The highest BCUT2D eigenvalue weighted by atomic mass is 35.5. The number of hydrogen-bond acceptors (Lipinski definition) is 2. The molecule has 1 heterocycles. The maximum Gasteiger partial charge on any atom is 0.146 e. The van der Waals surface area contributed by atoms with Gasteiger partial charge in [-0.05, 0) is 23.8 Å². The van der Waals surface area contributed by atoms with Crippen LogP contribution in [0.25, 0.3) is 0 Å². The minimum Gasteiger partial charge on any atom is -0.319 e. The number of aromatic nitrogens is 1. The van der Waals surface area contributed by atoms with Crippen molar-refractivity contribution >= 4 is 23.2 Å². The molecule has 0 aliphatic carbocycles. The second kappa shape index (κ2) is 5.00. The number of rotatable bonds is 2. The number of hydrogen-bond donors (Lipinski definition) is 1. The summed E-state index contributed by atoms with van der Waals surface area (Å²) in [6.07, 6.45) is 1.48. The predicted octanol–water partition coefficient (Wildman–Crippen LogP) is 3.58. The number of benzene rings is 1. The second-order valence-corrected chi connectivity index (χ2v) is 4.28. The van der Waals surface area contributed by atoms with E-state index in [4.69, 9.17) is 28.9 Å². The molecule has 0 spiro atoms. The van der Waals surface area contributed by atoms with Crippen LogP contribution in [-0.2, 0) is 0 Å². The van der Waals surface area contributed by atoms with Gasteiger partial charge in [-0.25, -0.2) is 4.39 Å². The molecule has 17 heavy (non-hydrogen) atoms. The van der Waals surface area contributed by atoms with Crippen molar-refractivity contribution in [3.63, 3.8) is 0 Å². The average molecular weight is 271 g/mol. The Morgan fingerprint density at radius 3 is 2.65 bits per heavy atom. The van der Waals surface area contributed by atoms with E-state index in [-0.39, 0.29) is 5.69 Å². The van der Waals surface area contributed by atoms with E-state index in [9.17, 15) is 4.39 Å². The monoisotopic (exact) mass is 270 g/mol. The maximum atomic E-state index is 13.5. The molecule has 0 amide bonds. The molecule has 1 aromatic carbocycles. The van der Waals surface area contributed by atoms with Gasteiger partial charge in [0.1, 0.15) is 5.82 Å². The molecule has 2 nitrogen and oxygen atoms in total. The quantitative estimate of drug-likeness (QED) is 0.906. The zero-order valence-corrected chi connectivity index (χ0v) is 10.2. The fraction of sp³-hybridized carbons (Fsp3) is 0.0833. The first-order chi connectivity index (χ1) is 8.11. The molecule has 1 unspecified atom stereocenters. The molecule has 0 aliphatic heterocycles. The van der Waals surface area contributed by atoms with Crippen molar-refractivity contribution in [2.24, 2.45) is 5.73 Å². The Labute approximate surface area is 108 Å². The third-order valence-electron chi connectivity index (χ3n) is 2.40. The minimum atomic E-state index is -0.734. The Kier molecular flexibility index (Phi) is 3.62. The van der Waals surface area contributed by atoms with Gasteiger partial charge >= 0.3 is 0 Å². The lowest BCUT2D eigenvalue weighted by Crippen LogP contribution is -2.15.